The summed E-state index contributed by atoms with van der Waals surface area (Å²) < 4.78 is 17.6. The van der Waals surface area contributed by atoms with Crippen LogP contribution in [0.25, 0.3) is 6.08 Å². The Kier molecular flexibility index (Phi) is 11.0. The predicted octanol–water partition coefficient (Wildman–Crippen LogP) is 7.39. The molecule has 2 amide bonds. The lowest BCUT2D eigenvalue weighted by Crippen LogP contribution is -2.29. The van der Waals surface area contributed by atoms with Gasteiger partial charge < -0.3 is 19.5 Å². The first-order chi connectivity index (χ1) is 21.3. The molecule has 1 aromatic carbocycles. The summed E-state index contributed by atoms with van der Waals surface area (Å²) in [4.78, 5) is 42.2. The van der Waals surface area contributed by atoms with Gasteiger partial charge in [-0.25, -0.2) is 4.79 Å². The van der Waals surface area contributed by atoms with Crippen LogP contribution in [0, 0.1) is 5.92 Å². The molecule has 1 atom stereocenters. The number of rotatable bonds is 11. The highest BCUT2D eigenvalue weighted by molar-refractivity contribution is 8.26. The van der Waals surface area contributed by atoms with E-state index in [2.05, 4.69) is 12.2 Å². The van der Waals surface area contributed by atoms with Gasteiger partial charge in [0.2, 0.25) is 5.91 Å². The molecule has 2 fully saturated rings. The minimum Gasteiger partial charge on any atom is -0.493 e. The number of esters is 1. The van der Waals surface area contributed by atoms with E-state index in [1.54, 1.807) is 18.9 Å². The van der Waals surface area contributed by atoms with Crippen LogP contribution in [0.5, 0.6) is 11.5 Å². The molecule has 0 spiro atoms. The summed E-state index contributed by atoms with van der Waals surface area (Å²) in [6, 6.07) is 5.70. The van der Waals surface area contributed by atoms with Crippen molar-refractivity contribution in [1.82, 2.24) is 4.90 Å². The topological polar surface area (TPSA) is 94.2 Å². The van der Waals surface area contributed by atoms with Crippen LogP contribution in [0.4, 0.5) is 5.00 Å². The summed E-state index contributed by atoms with van der Waals surface area (Å²) in [6.45, 7) is 4.59. The van der Waals surface area contributed by atoms with Crippen molar-refractivity contribution in [3.63, 3.8) is 0 Å². The van der Waals surface area contributed by atoms with Crippen LogP contribution in [0.2, 0.25) is 0 Å². The van der Waals surface area contributed by atoms with E-state index in [1.807, 2.05) is 24.3 Å². The lowest BCUT2D eigenvalue weighted by atomic mass is 9.88. The second-order valence-electron chi connectivity index (χ2n) is 11.5. The number of hydrogen-bond donors (Lipinski definition) is 1. The standard InChI is InChI=1S/C33H40N2O6S3/c1-4-40-32(38)29-23-14-12-20(2)17-26(23)43-30(29)34-28(36)11-8-16-35-31(37)27(44-33(35)42)19-21-13-15-24(25(18-21)39-3)41-22-9-6-5-7-10-22/h13,15,18-20,22H,4-12,14,16-17H2,1-3H3,(H,34,36)/b27-19-. The summed E-state index contributed by atoms with van der Waals surface area (Å²) in [5.74, 6) is 1.13. The van der Waals surface area contributed by atoms with E-state index >= 15 is 0 Å². The Morgan fingerprint density at radius 2 is 1.95 bits per heavy atom. The van der Waals surface area contributed by atoms with Crippen LogP contribution < -0.4 is 14.8 Å². The molecule has 0 bridgehead atoms. The van der Waals surface area contributed by atoms with Gasteiger partial charge in [0.1, 0.15) is 9.32 Å². The highest BCUT2D eigenvalue weighted by Gasteiger charge is 2.32. The van der Waals surface area contributed by atoms with Crippen molar-refractivity contribution in [1.29, 1.82) is 0 Å². The van der Waals surface area contributed by atoms with Crippen LogP contribution in [0.15, 0.2) is 23.1 Å². The lowest BCUT2D eigenvalue weighted by molar-refractivity contribution is -0.122. The zero-order valence-corrected chi connectivity index (χ0v) is 28.0. The molecule has 1 aromatic heterocycles. The van der Waals surface area contributed by atoms with E-state index in [0.29, 0.717) is 50.2 Å². The summed E-state index contributed by atoms with van der Waals surface area (Å²) in [6.07, 6.45) is 11.1. The van der Waals surface area contributed by atoms with Gasteiger partial charge in [-0.2, -0.15) is 0 Å². The number of methoxy groups -OCH3 is 1. The Balaban J connectivity index is 1.18. The molecular weight excluding hydrogens is 617 g/mol. The molecule has 1 N–H and O–H groups in total. The SMILES string of the molecule is CCOC(=O)c1c(NC(=O)CCCN2C(=O)/C(=C/c3ccc(OC4CCCCC4)c(OC)c3)SC2=S)sc2c1CCC(C)C2. The van der Waals surface area contributed by atoms with E-state index in [9.17, 15) is 14.4 Å². The minimum atomic E-state index is -0.386. The molecule has 2 aliphatic carbocycles. The highest BCUT2D eigenvalue weighted by Crippen LogP contribution is 2.40. The van der Waals surface area contributed by atoms with Crippen molar-refractivity contribution in [2.45, 2.75) is 84.2 Å². The second-order valence-corrected chi connectivity index (χ2v) is 14.3. The van der Waals surface area contributed by atoms with Gasteiger partial charge in [0.05, 0.1) is 30.3 Å². The largest absolute Gasteiger partial charge is 0.493 e. The van der Waals surface area contributed by atoms with Crippen LogP contribution in [0.1, 0.15) is 91.6 Å². The Bertz CT molecular complexity index is 1450. The Hall–Kier alpha value is -2.89. The number of thioether (sulfide) groups is 1. The van der Waals surface area contributed by atoms with Gasteiger partial charge in [-0.05, 0) is 93.5 Å². The van der Waals surface area contributed by atoms with Crippen molar-refractivity contribution >= 4 is 68.5 Å². The summed E-state index contributed by atoms with van der Waals surface area (Å²) in [7, 11) is 1.62. The van der Waals surface area contributed by atoms with E-state index in [0.717, 1.165) is 48.1 Å². The van der Waals surface area contributed by atoms with Gasteiger partial charge >= 0.3 is 5.97 Å². The van der Waals surface area contributed by atoms with Gasteiger partial charge in [-0.1, -0.05) is 43.4 Å². The highest BCUT2D eigenvalue weighted by atomic mass is 32.2. The fourth-order valence-electron chi connectivity index (χ4n) is 5.92. The Morgan fingerprint density at radius 3 is 2.70 bits per heavy atom. The van der Waals surface area contributed by atoms with Crippen molar-refractivity contribution in [3.05, 3.63) is 44.7 Å². The van der Waals surface area contributed by atoms with Crippen LogP contribution >= 0.6 is 35.3 Å². The quantitative estimate of drug-likeness (QED) is 0.152. The van der Waals surface area contributed by atoms with Crippen LogP contribution in [0.3, 0.4) is 0 Å². The molecule has 2 aromatic rings. The van der Waals surface area contributed by atoms with Gasteiger partial charge in [-0.3, -0.25) is 14.5 Å². The molecule has 0 radical (unpaired) electrons. The van der Waals surface area contributed by atoms with Gasteiger partial charge in [0.15, 0.2) is 11.5 Å². The third kappa shape index (κ3) is 7.66. The molecule has 3 aliphatic rings. The van der Waals surface area contributed by atoms with Gasteiger partial charge in [0, 0.05) is 17.8 Å². The molecule has 44 heavy (non-hydrogen) atoms. The molecule has 8 nitrogen and oxygen atoms in total. The number of fused-ring (bicyclic) bond motifs is 1. The number of benzene rings is 1. The number of carbonyl (C=O) groups is 3. The van der Waals surface area contributed by atoms with E-state index < -0.39 is 0 Å². The monoisotopic (exact) mass is 656 g/mol. The first kappa shape index (κ1) is 32.5. The number of thiophene rings is 1. The van der Waals surface area contributed by atoms with Gasteiger partial charge in [-0.15, -0.1) is 11.3 Å². The first-order valence-electron chi connectivity index (χ1n) is 15.5. The average molecular weight is 657 g/mol. The Labute approximate surface area is 272 Å². The number of amides is 2. The Morgan fingerprint density at radius 1 is 1.16 bits per heavy atom. The first-order valence-corrected chi connectivity index (χ1v) is 17.5. The lowest BCUT2D eigenvalue weighted by Gasteiger charge is -2.24. The molecule has 1 saturated heterocycles. The average Bonchev–Trinajstić information content (AvgIpc) is 3.49. The molecule has 2 heterocycles. The maximum atomic E-state index is 13.2. The van der Waals surface area contributed by atoms with E-state index in [-0.39, 0.29) is 36.9 Å². The molecule has 11 heteroatoms. The predicted molar refractivity (Wildman–Crippen MR) is 180 cm³/mol. The van der Waals surface area contributed by atoms with Crippen molar-refractivity contribution in [2.24, 2.45) is 5.92 Å². The summed E-state index contributed by atoms with van der Waals surface area (Å²) in [5.41, 5.74) is 2.33. The van der Waals surface area contributed by atoms with Crippen LogP contribution in [-0.2, 0) is 27.2 Å². The fourth-order valence-corrected chi connectivity index (χ4v) is 8.65. The maximum absolute atomic E-state index is 13.2. The summed E-state index contributed by atoms with van der Waals surface area (Å²) >= 11 is 8.25. The molecule has 1 aliphatic heterocycles. The minimum absolute atomic E-state index is 0.174. The molecular formula is C33H40N2O6S3. The zero-order chi connectivity index (χ0) is 31.2. The summed E-state index contributed by atoms with van der Waals surface area (Å²) in [5, 5.41) is 3.52. The molecule has 236 valence electrons. The maximum Gasteiger partial charge on any atom is 0.341 e. The third-order valence-electron chi connectivity index (χ3n) is 8.23. The normalized spacial score (nSPS) is 19.7. The molecule has 5 rings (SSSR count). The van der Waals surface area contributed by atoms with Crippen molar-refractivity contribution < 1.29 is 28.6 Å². The number of hydrogen-bond acceptors (Lipinski definition) is 9. The van der Waals surface area contributed by atoms with E-state index in [4.69, 9.17) is 26.4 Å². The number of nitrogens with one attached hydrogen (secondary N) is 1. The van der Waals surface area contributed by atoms with E-state index in [1.165, 1.54) is 42.4 Å². The third-order valence-corrected chi connectivity index (χ3v) is 10.8. The molecule has 1 unspecified atom stereocenters. The fraction of sp³-hybridized carbons (Fsp3) is 0.515. The van der Waals surface area contributed by atoms with Crippen molar-refractivity contribution in [3.8, 4) is 11.5 Å². The molecule has 1 saturated carbocycles. The smallest absolute Gasteiger partial charge is 0.341 e. The van der Waals surface area contributed by atoms with Crippen molar-refractivity contribution in [2.75, 3.05) is 25.6 Å². The number of ether oxygens (including phenoxy) is 3. The number of thiocarbonyl (C=S) groups is 1. The van der Waals surface area contributed by atoms with Gasteiger partial charge in [0.25, 0.3) is 5.91 Å². The number of anilines is 1. The number of nitrogens with zero attached hydrogens (tertiary/aromatic N) is 1. The van der Waals surface area contributed by atoms with Crippen LogP contribution in [-0.4, -0.2) is 53.4 Å². The number of carbonyl (C=O) groups excluding carboxylic acids is 3. The second kappa shape index (κ2) is 14.9. The zero-order valence-electron chi connectivity index (χ0n) is 25.6.